The van der Waals surface area contributed by atoms with Crippen LogP contribution in [-0.2, 0) is 0 Å². The predicted molar refractivity (Wildman–Crippen MR) is 128 cm³/mol. The van der Waals surface area contributed by atoms with Crippen LogP contribution in [0.5, 0.6) is 0 Å². The largest absolute Gasteiger partial charge is 0.352 e. The van der Waals surface area contributed by atoms with Gasteiger partial charge in [-0.25, -0.2) is 18.9 Å². The Bertz CT molecular complexity index is 1470. The lowest BCUT2D eigenvalue weighted by Crippen LogP contribution is -2.57. The summed E-state index contributed by atoms with van der Waals surface area (Å²) in [6.45, 7) is 7.05. The molecule has 0 atom stereocenters. The molecule has 0 bridgehead atoms. The van der Waals surface area contributed by atoms with Crippen molar-refractivity contribution in [2.24, 2.45) is 0 Å². The fourth-order valence-electron chi connectivity index (χ4n) is 4.65. The van der Waals surface area contributed by atoms with E-state index in [1.165, 1.54) is 12.1 Å². The number of benzene rings is 1. The van der Waals surface area contributed by atoms with Crippen LogP contribution in [0, 0.1) is 5.82 Å². The lowest BCUT2D eigenvalue weighted by molar-refractivity contribution is 0.351. The molecule has 1 aromatic carbocycles. The third-order valence-electron chi connectivity index (χ3n) is 6.19. The second kappa shape index (κ2) is 7.38. The number of H-pyrrole nitrogens is 1. The van der Waals surface area contributed by atoms with Gasteiger partial charge in [0, 0.05) is 54.1 Å². The molecule has 1 saturated heterocycles. The number of pyridine rings is 1. The van der Waals surface area contributed by atoms with Crippen LogP contribution in [0.3, 0.4) is 0 Å². The minimum atomic E-state index is -0.275. The molecule has 5 aromatic rings. The van der Waals surface area contributed by atoms with Gasteiger partial charge >= 0.3 is 0 Å². The van der Waals surface area contributed by atoms with Gasteiger partial charge in [0.15, 0.2) is 5.65 Å². The number of anilines is 1. The highest BCUT2D eigenvalue weighted by Gasteiger charge is 2.27. The molecular weight excluding hydrogens is 417 g/mol. The molecule has 0 unspecified atom stereocenters. The molecule has 7 nitrogen and oxygen atoms in total. The second-order valence-electron chi connectivity index (χ2n) is 9.11. The number of aromatic nitrogens is 5. The van der Waals surface area contributed by atoms with Crippen LogP contribution >= 0.6 is 0 Å². The molecule has 33 heavy (non-hydrogen) atoms. The lowest BCUT2D eigenvalue weighted by atomic mass is 10.0. The summed E-state index contributed by atoms with van der Waals surface area (Å²) in [6, 6.07) is 14.5. The molecular formula is C25H24FN7. The van der Waals surface area contributed by atoms with Crippen LogP contribution in [0.25, 0.3) is 39.2 Å². The van der Waals surface area contributed by atoms with E-state index in [-0.39, 0.29) is 11.4 Å². The van der Waals surface area contributed by atoms with Crippen molar-refractivity contribution in [3.05, 3.63) is 66.7 Å². The van der Waals surface area contributed by atoms with Gasteiger partial charge in [-0.1, -0.05) is 0 Å². The molecule has 5 heterocycles. The quantitative estimate of drug-likeness (QED) is 0.438. The van der Waals surface area contributed by atoms with Gasteiger partial charge in [-0.2, -0.15) is 0 Å². The Morgan fingerprint density at radius 2 is 1.88 bits per heavy atom. The molecule has 1 fully saturated rings. The number of rotatable bonds is 3. The lowest BCUT2D eigenvalue weighted by Gasteiger charge is -2.39. The Labute approximate surface area is 190 Å². The molecule has 1 aliphatic rings. The molecule has 8 heteroatoms. The normalized spacial score (nSPS) is 16.0. The molecule has 4 aromatic heterocycles. The van der Waals surface area contributed by atoms with Gasteiger partial charge in [-0.05, 0) is 62.4 Å². The molecule has 0 amide bonds. The van der Waals surface area contributed by atoms with Gasteiger partial charge in [0.25, 0.3) is 0 Å². The first-order chi connectivity index (χ1) is 16.0. The summed E-state index contributed by atoms with van der Waals surface area (Å²) in [5.74, 6) is 0.628. The van der Waals surface area contributed by atoms with Crippen molar-refractivity contribution in [1.82, 2.24) is 29.9 Å². The molecule has 166 valence electrons. The van der Waals surface area contributed by atoms with Crippen molar-refractivity contribution in [3.63, 3.8) is 0 Å². The Hall–Kier alpha value is -3.78. The average molecular weight is 442 g/mol. The summed E-state index contributed by atoms with van der Waals surface area (Å²) < 4.78 is 15.6. The summed E-state index contributed by atoms with van der Waals surface area (Å²) in [5.41, 5.74) is 4.97. The first-order valence-corrected chi connectivity index (χ1v) is 11.1. The van der Waals surface area contributed by atoms with Crippen molar-refractivity contribution in [2.75, 3.05) is 24.5 Å². The summed E-state index contributed by atoms with van der Waals surface area (Å²) >= 11 is 0. The number of aromatic amines is 1. The van der Waals surface area contributed by atoms with E-state index in [4.69, 9.17) is 10.1 Å². The standard InChI is InChI=1S/C25H24FN7/c1-25(2)15-32(14-13-29-25)21-8-7-20-30-22(16-3-5-17(26)6-4-16)23(33(20)31-21)18-9-11-27-24-19(18)10-12-28-24/h3-12,29H,13-15H2,1-2H3,(H,27,28). The fraction of sp³-hybridized carbons (Fsp3) is 0.240. The van der Waals surface area contributed by atoms with Gasteiger partial charge in [-0.15, -0.1) is 5.10 Å². The molecule has 0 aliphatic carbocycles. The van der Waals surface area contributed by atoms with Crippen molar-refractivity contribution in [2.45, 2.75) is 19.4 Å². The zero-order valence-corrected chi connectivity index (χ0v) is 18.5. The van der Waals surface area contributed by atoms with E-state index in [0.29, 0.717) is 0 Å². The second-order valence-corrected chi connectivity index (χ2v) is 9.11. The third kappa shape index (κ3) is 3.43. The summed E-state index contributed by atoms with van der Waals surface area (Å²) in [4.78, 5) is 14.8. The topological polar surface area (TPSA) is 74.1 Å². The summed E-state index contributed by atoms with van der Waals surface area (Å²) in [7, 11) is 0. The molecule has 0 spiro atoms. The smallest absolute Gasteiger partial charge is 0.155 e. The number of halogens is 1. The number of nitrogens with one attached hydrogen (secondary N) is 2. The van der Waals surface area contributed by atoms with E-state index < -0.39 is 0 Å². The maximum Gasteiger partial charge on any atom is 0.155 e. The van der Waals surface area contributed by atoms with E-state index >= 15 is 0 Å². The molecule has 0 radical (unpaired) electrons. The van der Waals surface area contributed by atoms with Crippen molar-refractivity contribution in [3.8, 4) is 22.5 Å². The van der Waals surface area contributed by atoms with E-state index in [9.17, 15) is 4.39 Å². The van der Waals surface area contributed by atoms with E-state index in [0.717, 1.165) is 64.6 Å². The third-order valence-corrected chi connectivity index (χ3v) is 6.19. The highest BCUT2D eigenvalue weighted by Crippen LogP contribution is 2.36. The number of hydrogen-bond donors (Lipinski definition) is 2. The van der Waals surface area contributed by atoms with Crippen LogP contribution in [0.2, 0.25) is 0 Å². The predicted octanol–water partition coefficient (Wildman–Crippen LogP) is 4.27. The SMILES string of the molecule is CC1(C)CN(c2ccc3nc(-c4ccc(F)cc4)c(-c4ccnc5[nH]ccc45)n3n2)CCN1. The summed E-state index contributed by atoms with van der Waals surface area (Å²) in [5, 5.41) is 9.58. The van der Waals surface area contributed by atoms with Gasteiger partial charge in [-0.3, -0.25) is 0 Å². The monoisotopic (exact) mass is 441 g/mol. The van der Waals surface area contributed by atoms with Crippen LogP contribution in [-0.4, -0.2) is 49.7 Å². The number of piperazine rings is 1. The zero-order chi connectivity index (χ0) is 22.6. The minimum Gasteiger partial charge on any atom is -0.352 e. The number of hydrogen-bond acceptors (Lipinski definition) is 5. The molecule has 0 saturated carbocycles. The number of imidazole rings is 1. The number of fused-ring (bicyclic) bond motifs is 2. The van der Waals surface area contributed by atoms with Crippen molar-refractivity contribution < 1.29 is 4.39 Å². The Morgan fingerprint density at radius 3 is 2.70 bits per heavy atom. The fourth-order valence-corrected chi connectivity index (χ4v) is 4.65. The van der Waals surface area contributed by atoms with Crippen LogP contribution in [0.15, 0.2) is 60.9 Å². The first-order valence-electron chi connectivity index (χ1n) is 11.1. The van der Waals surface area contributed by atoms with Crippen molar-refractivity contribution in [1.29, 1.82) is 0 Å². The van der Waals surface area contributed by atoms with E-state index in [1.54, 1.807) is 18.3 Å². The van der Waals surface area contributed by atoms with Crippen LogP contribution in [0.4, 0.5) is 10.2 Å². The zero-order valence-electron chi connectivity index (χ0n) is 18.5. The van der Waals surface area contributed by atoms with Crippen molar-refractivity contribution >= 4 is 22.5 Å². The number of nitrogens with zero attached hydrogens (tertiary/aromatic N) is 5. The Morgan fingerprint density at radius 1 is 1.03 bits per heavy atom. The first kappa shape index (κ1) is 19.9. The van der Waals surface area contributed by atoms with Crippen LogP contribution in [0.1, 0.15) is 13.8 Å². The highest BCUT2D eigenvalue weighted by atomic mass is 19.1. The van der Waals surface area contributed by atoms with E-state index in [2.05, 4.69) is 34.0 Å². The van der Waals surface area contributed by atoms with Gasteiger partial charge in [0.05, 0.1) is 5.69 Å². The average Bonchev–Trinajstić information content (AvgIpc) is 3.43. The Balaban J connectivity index is 1.59. The van der Waals surface area contributed by atoms with Gasteiger partial charge in [0.2, 0.25) is 0 Å². The Kier molecular flexibility index (Phi) is 4.45. The van der Waals surface area contributed by atoms with Crippen LogP contribution < -0.4 is 10.2 Å². The summed E-state index contributed by atoms with van der Waals surface area (Å²) in [6.07, 6.45) is 3.66. The minimum absolute atomic E-state index is 0.00825. The van der Waals surface area contributed by atoms with Gasteiger partial charge in [0.1, 0.15) is 23.0 Å². The van der Waals surface area contributed by atoms with Gasteiger partial charge < -0.3 is 15.2 Å². The highest BCUT2D eigenvalue weighted by molar-refractivity contribution is 5.96. The maximum atomic E-state index is 13.7. The maximum absolute atomic E-state index is 13.7. The molecule has 1 aliphatic heterocycles. The molecule has 6 rings (SSSR count). The van der Waals surface area contributed by atoms with E-state index in [1.807, 2.05) is 35.0 Å². The molecule has 2 N–H and O–H groups in total.